The zero-order chi connectivity index (χ0) is 20.2. The molecule has 2 aromatic carbocycles. The minimum absolute atomic E-state index is 0.145. The van der Waals surface area contributed by atoms with Crippen LogP contribution in [0.1, 0.15) is 16.1 Å². The molecule has 0 radical (unpaired) electrons. The molecule has 0 fully saturated rings. The summed E-state index contributed by atoms with van der Waals surface area (Å²) in [6.45, 7) is 0.145. The van der Waals surface area contributed by atoms with Crippen molar-refractivity contribution in [2.24, 2.45) is 0 Å². The molecule has 0 spiro atoms. The van der Waals surface area contributed by atoms with Crippen molar-refractivity contribution >= 4 is 11.6 Å². The Kier molecular flexibility index (Phi) is 4.85. The van der Waals surface area contributed by atoms with E-state index in [0.717, 1.165) is 23.0 Å². The zero-order valence-electron chi connectivity index (χ0n) is 15.1. The van der Waals surface area contributed by atoms with E-state index >= 15 is 0 Å². The molecule has 0 saturated carbocycles. The molecule has 0 unspecified atom stereocenters. The summed E-state index contributed by atoms with van der Waals surface area (Å²) in [5, 5.41) is 24.4. The van der Waals surface area contributed by atoms with Gasteiger partial charge in [-0.1, -0.05) is 48.5 Å². The van der Waals surface area contributed by atoms with Crippen LogP contribution in [0.5, 0.6) is 0 Å². The molecule has 4 aromatic rings. The number of nitro groups is 1. The second-order valence-electron chi connectivity index (χ2n) is 6.22. The van der Waals surface area contributed by atoms with Crippen LogP contribution >= 0.6 is 0 Å². The van der Waals surface area contributed by atoms with Crippen LogP contribution in [0.15, 0.2) is 73.1 Å². The van der Waals surface area contributed by atoms with Crippen molar-refractivity contribution in [1.82, 2.24) is 25.3 Å². The Morgan fingerprint density at radius 3 is 2.48 bits per heavy atom. The average molecular weight is 388 g/mol. The van der Waals surface area contributed by atoms with Gasteiger partial charge in [0.05, 0.1) is 16.3 Å². The fourth-order valence-electron chi connectivity index (χ4n) is 2.94. The highest BCUT2D eigenvalue weighted by Crippen LogP contribution is 2.24. The van der Waals surface area contributed by atoms with Gasteiger partial charge in [0.2, 0.25) is 5.69 Å². The van der Waals surface area contributed by atoms with Crippen LogP contribution in [0.3, 0.4) is 0 Å². The Hall–Kier alpha value is -4.27. The van der Waals surface area contributed by atoms with Crippen molar-refractivity contribution in [1.29, 1.82) is 0 Å². The largest absolute Gasteiger partial charge is 0.346 e. The number of hydrogen-bond donors (Lipinski definition) is 2. The maximum Gasteiger partial charge on any atom is 0.319 e. The molecule has 2 aromatic heterocycles. The van der Waals surface area contributed by atoms with E-state index < -0.39 is 10.8 Å². The smallest absolute Gasteiger partial charge is 0.319 e. The van der Waals surface area contributed by atoms with Gasteiger partial charge >= 0.3 is 5.69 Å². The Balaban J connectivity index is 1.64. The first kappa shape index (κ1) is 18.1. The van der Waals surface area contributed by atoms with Crippen molar-refractivity contribution in [3.8, 4) is 16.9 Å². The molecule has 1 amide bonds. The van der Waals surface area contributed by atoms with Gasteiger partial charge in [0.25, 0.3) is 5.91 Å². The highest BCUT2D eigenvalue weighted by atomic mass is 16.6. The molecule has 9 heteroatoms. The summed E-state index contributed by atoms with van der Waals surface area (Å²) in [5.74, 6) is -0.610. The lowest BCUT2D eigenvalue weighted by molar-refractivity contribution is -0.385. The Morgan fingerprint density at radius 2 is 1.79 bits per heavy atom. The lowest BCUT2D eigenvalue weighted by Crippen LogP contribution is -2.24. The van der Waals surface area contributed by atoms with Crippen LogP contribution in [0.4, 0.5) is 5.69 Å². The monoisotopic (exact) mass is 388 g/mol. The lowest BCUT2D eigenvalue weighted by atomic mass is 10.1. The highest BCUT2D eigenvalue weighted by molar-refractivity contribution is 5.96. The van der Waals surface area contributed by atoms with Gasteiger partial charge in [-0.3, -0.25) is 20.0 Å². The van der Waals surface area contributed by atoms with E-state index in [4.69, 9.17) is 0 Å². The molecule has 0 saturated heterocycles. The van der Waals surface area contributed by atoms with E-state index in [-0.39, 0.29) is 17.9 Å². The van der Waals surface area contributed by atoms with Gasteiger partial charge in [-0.25, -0.2) is 4.68 Å². The number of nitrogens with zero attached hydrogens (tertiary/aromatic N) is 4. The first-order valence-corrected chi connectivity index (χ1v) is 8.79. The number of aromatic amines is 1. The topological polar surface area (TPSA) is 119 Å². The average Bonchev–Trinajstić information content (AvgIpc) is 3.41. The number of amides is 1. The van der Waals surface area contributed by atoms with Gasteiger partial charge in [-0.05, 0) is 12.1 Å². The summed E-state index contributed by atoms with van der Waals surface area (Å²) in [5.41, 5.74) is 2.72. The molecule has 0 aliphatic rings. The minimum atomic E-state index is -0.652. The van der Waals surface area contributed by atoms with Crippen LogP contribution in [-0.4, -0.2) is 30.8 Å². The fraction of sp³-hybridized carbons (Fsp3) is 0.0500. The Bertz CT molecular complexity index is 1150. The van der Waals surface area contributed by atoms with Crippen LogP contribution in [0.2, 0.25) is 0 Å². The summed E-state index contributed by atoms with van der Waals surface area (Å²) < 4.78 is 1.74. The van der Waals surface area contributed by atoms with Crippen molar-refractivity contribution in [3.63, 3.8) is 0 Å². The van der Waals surface area contributed by atoms with Crippen LogP contribution in [0, 0.1) is 10.1 Å². The van der Waals surface area contributed by atoms with Gasteiger partial charge in [0.15, 0.2) is 0 Å². The normalized spacial score (nSPS) is 10.6. The number of para-hydroxylation sites is 1. The minimum Gasteiger partial charge on any atom is -0.346 e. The zero-order valence-corrected chi connectivity index (χ0v) is 15.1. The quantitative estimate of drug-likeness (QED) is 0.389. The molecule has 2 N–H and O–H groups in total. The van der Waals surface area contributed by atoms with Crippen LogP contribution in [-0.2, 0) is 6.54 Å². The van der Waals surface area contributed by atoms with E-state index in [2.05, 4.69) is 20.6 Å². The van der Waals surface area contributed by atoms with Crippen LogP contribution in [0.25, 0.3) is 16.9 Å². The van der Waals surface area contributed by atoms with Crippen molar-refractivity contribution in [3.05, 3.63) is 94.4 Å². The number of hydrogen-bond acceptors (Lipinski definition) is 5. The molecule has 0 atom stereocenters. The molecular weight excluding hydrogens is 372 g/mol. The molecule has 0 aliphatic heterocycles. The molecule has 0 bridgehead atoms. The number of carbonyl (C=O) groups is 1. The van der Waals surface area contributed by atoms with E-state index in [9.17, 15) is 14.9 Å². The van der Waals surface area contributed by atoms with Gasteiger partial charge in [0, 0.05) is 23.9 Å². The third-order valence-corrected chi connectivity index (χ3v) is 4.34. The van der Waals surface area contributed by atoms with Crippen molar-refractivity contribution in [2.45, 2.75) is 6.54 Å². The number of H-pyrrole nitrogens is 1. The molecule has 4 rings (SSSR count). The van der Waals surface area contributed by atoms with Crippen molar-refractivity contribution in [2.75, 3.05) is 0 Å². The van der Waals surface area contributed by atoms with Crippen molar-refractivity contribution < 1.29 is 9.72 Å². The molecule has 2 heterocycles. The van der Waals surface area contributed by atoms with Crippen LogP contribution < -0.4 is 5.32 Å². The third-order valence-electron chi connectivity index (χ3n) is 4.34. The van der Waals surface area contributed by atoms with Gasteiger partial charge in [0.1, 0.15) is 6.20 Å². The summed E-state index contributed by atoms with van der Waals surface area (Å²) in [7, 11) is 0. The summed E-state index contributed by atoms with van der Waals surface area (Å²) in [6, 6.07) is 19.2. The lowest BCUT2D eigenvalue weighted by Gasteiger charge is -2.04. The fourth-order valence-corrected chi connectivity index (χ4v) is 2.94. The molecule has 144 valence electrons. The van der Waals surface area contributed by atoms with E-state index in [1.54, 1.807) is 4.68 Å². The molecule has 0 aliphatic carbocycles. The van der Waals surface area contributed by atoms with E-state index in [1.807, 2.05) is 66.9 Å². The second-order valence-corrected chi connectivity index (χ2v) is 6.22. The maximum atomic E-state index is 12.4. The molecule has 9 nitrogen and oxygen atoms in total. The number of carbonyl (C=O) groups excluding carboxylic acids is 1. The summed E-state index contributed by atoms with van der Waals surface area (Å²) in [4.78, 5) is 22.8. The highest BCUT2D eigenvalue weighted by Gasteiger charge is 2.23. The summed E-state index contributed by atoms with van der Waals surface area (Å²) >= 11 is 0. The molecule has 29 heavy (non-hydrogen) atoms. The Labute approximate surface area is 165 Å². The first-order valence-electron chi connectivity index (χ1n) is 8.79. The van der Waals surface area contributed by atoms with Gasteiger partial charge < -0.3 is 5.32 Å². The van der Waals surface area contributed by atoms with E-state index in [0.29, 0.717) is 5.69 Å². The number of rotatable bonds is 6. The number of nitrogens with one attached hydrogen (secondary N) is 2. The van der Waals surface area contributed by atoms with Gasteiger partial charge in [-0.15, -0.1) is 0 Å². The number of benzene rings is 2. The van der Waals surface area contributed by atoms with E-state index in [1.165, 1.54) is 0 Å². The standard InChI is InChI=1S/C20H16N6O3/c27-20(19-17(26(28)29)12-22-23-19)21-11-15-13-25(16-9-5-2-6-10-16)24-18(15)14-7-3-1-4-8-14/h1-10,12-13H,11H2,(H,21,27)(H,22,23). The number of aromatic nitrogens is 4. The van der Waals surface area contributed by atoms with Gasteiger partial charge in [-0.2, -0.15) is 10.2 Å². The molecular formula is C20H16N6O3. The SMILES string of the molecule is O=C(NCc1cn(-c2ccccc2)nc1-c1ccccc1)c1[nH]ncc1[N+](=O)[O-]. The maximum absolute atomic E-state index is 12.4. The second kappa shape index (κ2) is 7.77. The summed E-state index contributed by atoms with van der Waals surface area (Å²) in [6.07, 6.45) is 2.84. The third kappa shape index (κ3) is 3.74. The first-order chi connectivity index (χ1) is 14.1. The Morgan fingerprint density at radius 1 is 1.10 bits per heavy atom. The predicted molar refractivity (Wildman–Crippen MR) is 105 cm³/mol. The predicted octanol–water partition coefficient (Wildman–Crippen LogP) is 3.10.